The quantitative estimate of drug-likeness (QED) is 0.568. The summed E-state index contributed by atoms with van der Waals surface area (Å²) in [6.07, 6.45) is 1.24. The molecule has 0 aromatic heterocycles. The van der Waals surface area contributed by atoms with E-state index in [0.717, 1.165) is 6.07 Å². The van der Waals surface area contributed by atoms with Crippen LogP contribution in [-0.4, -0.2) is 28.9 Å². The number of amides is 1. The van der Waals surface area contributed by atoms with Gasteiger partial charge in [0.25, 0.3) is 5.91 Å². The maximum Gasteiger partial charge on any atom is 0.277 e. The van der Waals surface area contributed by atoms with Gasteiger partial charge < -0.3 is 14.9 Å². The van der Waals surface area contributed by atoms with Crippen LogP contribution in [0.1, 0.15) is 5.56 Å². The highest BCUT2D eigenvalue weighted by Crippen LogP contribution is 2.31. The molecule has 0 saturated carbocycles. The third-order valence-electron chi connectivity index (χ3n) is 2.68. The first-order valence-electron chi connectivity index (χ1n) is 6.38. The van der Waals surface area contributed by atoms with Crippen LogP contribution < -0.4 is 10.2 Å². The van der Waals surface area contributed by atoms with E-state index in [9.17, 15) is 9.90 Å². The molecule has 0 aliphatic heterocycles. The Bertz CT molecular complexity index is 750. The number of carbonyl (C=O) groups excluding carboxylic acids is 1. The van der Waals surface area contributed by atoms with Gasteiger partial charge in [-0.15, -0.1) is 0 Å². The molecule has 2 rings (SSSR count). The second-order valence-corrected chi connectivity index (χ2v) is 5.16. The molecule has 0 radical (unpaired) electrons. The number of aromatic hydroxyl groups is 2. The van der Waals surface area contributed by atoms with Crippen molar-refractivity contribution >= 4 is 35.3 Å². The Labute approximate surface area is 141 Å². The van der Waals surface area contributed by atoms with Crippen molar-refractivity contribution in [1.29, 1.82) is 0 Å². The standard InChI is InChI=1S/C15H12Cl2N2O4/c16-11-2-1-3-13(15(11)17)23-8-14(22)19-18-7-9-4-5-10(20)6-12(9)21/h1-7,20-21H,8H2,(H,19,22)/b18-7+. The number of nitrogens with zero attached hydrogens (tertiary/aromatic N) is 1. The zero-order valence-corrected chi connectivity index (χ0v) is 13.2. The third-order valence-corrected chi connectivity index (χ3v) is 3.48. The van der Waals surface area contributed by atoms with E-state index in [1.165, 1.54) is 18.3 Å². The first-order chi connectivity index (χ1) is 11.0. The molecule has 3 N–H and O–H groups in total. The molecule has 2 aromatic carbocycles. The molecule has 0 atom stereocenters. The second-order valence-electron chi connectivity index (χ2n) is 4.38. The molecule has 0 heterocycles. The van der Waals surface area contributed by atoms with E-state index in [1.54, 1.807) is 18.2 Å². The Morgan fingerprint density at radius 3 is 2.78 bits per heavy atom. The minimum Gasteiger partial charge on any atom is -0.508 e. The summed E-state index contributed by atoms with van der Waals surface area (Å²) in [5, 5.41) is 22.9. The van der Waals surface area contributed by atoms with Gasteiger partial charge in [0.1, 0.15) is 22.3 Å². The third kappa shape index (κ3) is 4.77. The number of nitrogens with one attached hydrogen (secondary N) is 1. The molecule has 0 unspecified atom stereocenters. The van der Waals surface area contributed by atoms with Gasteiger partial charge in [0.05, 0.1) is 11.2 Å². The topological polar surface area (TPSA) is 91.2 Å². The summed E-state index contributed by atoms with van der Waals surface area (Å²) in [5.41, 5.74) is 2.57. The minimum absolute atomic E-state index is 0.0736. The molecule has 0 aliphatic rings. The molecular formula is C15H12Cl2N2O4. The predicted molar refractivity (Wildman–Crippen MR) is 87.5 cm³/mol. The van der Waals surface area contributed by atoms with E-state index >= 15 is 0 Å². The number of phenols is 2. The van der Waals surface area contributed by atoms with Crippen molar-refractivity contribution in [2.75, 3.05) is 6.61 Å². The molecule has 8 heteroatoms. The fourth-order valence-corrected chi connectivity index (χ4v) is 1.93. The number of hydrogen-bond donors (Lipinski definition) is 3. The van der Waals surface area contributed by atoms with Crippen molar-refractivity contribution < 1.29 is 19.7 Å². The molecule has 6 nitrogen and oxygen atoms in total. The van der Waals surface area contributed by atoms with Crippen LogP contribution in [0.4, 0.5) is 0 Å². The number of ether oxygens (including phenoxy) is 1. The summed E-state index contributed by atoms with van der Waals surface area (Å²) in [5.74, 6) is -0.467. The van der Waals surface area contributed by atoms with Gasteiger partial charge in [0, 0.05) is 11.6 Å². The lowest BCUT2D eigenvalue weighted by Crippen LogP contribution is -2.24. The van der Waals surface area contributed by atoms with Gasteiger partial charge in [-0.25, -0.2) is 5.43 Å². The molecule has 0 fully saturated rings. The van der Waals surface area contributed by atoms with Gasteiger partial charge >= 0.3 is 0 Å². The van der Waals surface area contributed by atoms with Crippen molar-refractivity contribution in [3.05, 3.63) is 52.0 Å². The highest BCUT2D eigenvalue weighted by molar-refractivity contribution is 6.42. The smallest absolute Gasteiger partial charge is 0.277 e. The molecule has 0 spiro atoms. The van der Waals surface area contributed by atoms with Gasteiger partial charge in [-0.2, -0.15) is 5.10 Å². The molecule has 0 bridgehead atoms. The van der Waals surface area contributed by atoms with E-state index in [4.69, 9.17) is 33.0 Å². The largest absolute Gasteiger partial charge is 0.508 e. The average molecular weight is 355 g/mol. The zero-order valence-electron chi connectivity index (χ0n) is 11.7. The van der Waals surface area contributed by atoms with Crippen LogP contribution in [-0.2, 0) is 4.79 Å². The number of rotatable bonds is 5. The van der Waals surface area contributed by atoms with Crippen molar-refractivity contribution in [2.24, 2.45) is 5.10 Å². The maximum absolute atomic E-state index is 11.6. The molecule has 0 saturated heterocycles. The van der Waals surface area contributed by atoms with Gasteiger partial charge in [-0.1, -0.05) is 29.3 Å². The molecule has 2 aromatic rings. The predicted octanol–water partition coefficient (Wildman–Crippen LogP) is 2.93. The zero-order chi connectivity index (χ0) is 16.8. The Hall–Kier alpha value is -2.44. The summed E-state index contributed by atoms with van der Waals surface area (Å²) in [6, 6.07) is 8.82. The summed E-state index contributed by atoms with van der Waals surface area (Å²) < 4.78 is 5.24. The SMILES string of the molecule is O=C(COc1cccc(Cl)c1Cl)N/N=C/c1ccc(O)cc1O. The summed E-state index contributed by atoms with van der Waals surface area (Å²) >= 11 is 11.8. The molecular weight excluding hydrogens is 343 g/mol. The van der Waals surface area contributed by atoms with Crippen molar-refractivity contribution in [2.45, 2.75) is 0 Å². The lowest BCUT2D eigenvalue weighted by Gasteiger charge is -2.07. The Balaban J connectivity index is 1.87. The number of benzene rings is 2. The maximum atomic E-state index is 11.6. The molecule has 120 valence electrons. The van der Waals surface area contributed by atoms with Crippen LogP contribution in [0, 0.1) is 0 Å². The van der Waals surface area contributed by atoms with Gasteiger partial charge in [-0.3, -0.25) is 4.79 Å². The van der Waals surface area contributed by atoms with E-state index in [1.807, 2.05) is 0 Å². The first kappa shape index (κ1) is 16.9. The number of carbonyl (C=O) groups is 1. The van der Waals surface area contributed by atoms with Crippen molar-refractivity contribution in [3.8, 4) is 17.2 Å². The normalized spacial score (nSPS) is 10.7. The van der Waals surface area contributed by atoms with E-state index in [2.05, 4.69) is 10.5 Å². The fourth-order valence-electron chi connectivity index (χ4n) is 1.59. The lowest BCUT2D eigenvalue weighted by atomic mass is 10.2. The first-order valence-corrected chi connectivity index (χ1v) is 7.13. The number of hydrogen-bond acceptors (Lipinski definition) is 5. The number of halogens is 2. The highest BCUT2D eigenvalue weighted by atomic mass is 35.5. The summed E-state index contributed by atoms with van der Waals surface area (Å²) in [4.78, 5) is 11.6. The summed E-state index contributed by atoms with van der Waals surface area (Å²) in [7, 11) is 0. The van der Waals surface area contributed by atoms with E-state index < -0.39 is 5.91 Å². The van der Waals surface area contributed by atoms with Crippen LogP contribution in [0.5, 0.6) is 17.2 Å². The second kappa shape index (κ2) is 7.71. The molecule has 0 aliphatic carbocycles. The van der Waals surface area contributed by atoms with E-state index in [0.29, 0.717) is 10.6 Å². The number of phenolic OH excluding ortho intramolecular Hbond substituents is 2. The molecule has 23 heavy (non-hydrogen) atoms. The van der Waals surface area contributed by atoms with Gasteiger partial charge in [0.2, 0.25) is 0 Å². The highest BCUT2D eigenvalue weighted by Gasteiger charge is 2.07. The Kier molecular flexibility index (Phi) is 5.67. The molecule has 1 amide bonds. The lowest BCUT2D eigenvalue weighted by molar-refractivity contribution is -0.123. The van der Waals surface area contributed by atoms with Crippen LogP contribution in [0.2, 0.25) is 10.0 Å². The van der Waals surface area contributed by atoms with E-state index in [-0.39, 0.29) is 28.9 Å². The van der Waals surface area contributed by atoms with Crippen LogP contribution in [0.3, 0.4) is 0 Å². The van der Waals surface area contributed by atoms with Crippen molar-refractivity contribution in [3.63, 3.8) is 0 Å². The Morgan fingerprint density at radius 1 is 1.26 bits per heavy atom. The fraction of sp³-hybridized carbons (Fsp3) is 0.0667. The minimum atomic E-state index is -0.518. The number of hydrazone groups is 1. The van der Waals surface area contributed by atoms with Gasteiger partial charge in [0.15, 0.2) is 6.61 Å². The Morgan fingerprint density at radius 2 is 2.04 bits per heavy atom. The van der Waals surface area contributed by atoms with Crippen LogP contribution >= 0.6 is 23.2 Å². The van der Waals surface area contributed by atoms with Crippen LogP contribution in [0.15, 0.2) is 41.5 Å². The van der Waals surface area contributed by atoms with Crippen molar-refractivity contribution in [1.82, 2.24) is 5.43 Å². The summed E-state index contributed by atoms with van der Waals surface area (Å²) in [6.45, 7) is -0.307. The monoisotopic (exact) mass is 354 g/mol. The average Bonchev–Trinajstić information content (AvgIpc) is 2.51. The van der Waals surface area contributed by atoms with Crippen LogP contribution in [0.25, 0.3) is 0 Å². The van der Waals surface area contributed by atoms with Gasteiger partial charge in [-0.05, 0) is 24.3 Å².